The number of likely N-dealkylation sites (N-methyl/N-ethyl adjacent to an activating group) is 1. The summed E-state index contributed by atoms with van der Waals surface area (Å²) in [5.74, 6) is -1.88. The molecular weight excluding hydrogens is 411 g/mol. The lowest BCUT2D eigenvalue weighted by molar-refractivity contribution is 0.0695. The second-order valence-electron chi connectivity index (χ2n) is 8.04. The summed E-state index contributed by atoms with van der Waals surface area (Å²) in [6.07, 6.45) is 3.01. The molecule has 0 spiro atoms. The van der Waals surface area contributed by atoms with E-state index in [0.717, 1.165) is 30.1 Å². The van der Waals surface area contributed by atoms with Gasteiger partial charge in [0.1, 0.15) is 11.4 Å². The van der Waals surface area contributed by atoms with Crippen LogP contribution >= 0.6 is 0 Å². The van der Waals surface area contributed by atoms with Gasteiger partial charge in [-0.2, -0.15) is 0 Å². The molecule has 0 saturated carbocycles. The number of piperazine rings is 1. The highest BCUT2D eigenvalue weighted by Crippen LogP contribution is 2.28. The Morgan fingerprint density at radius 1 is 1.09 bits per heavy atom. The van der Waals surface area contributed by atoms with Gasteiger partial charge in [-0.25, -0.2) is 9.18 Å². The lowest BCUT2D eigenvalue weighted by atomic mass is 10.1. The third-order valence-corrected chi connectivity index (χ3v) is 6.01. The molecule has 8 heteroatoms. The fourth-order valence-electron chi connectivity index (χ4n) is 4.20. The molecule has 32 heavy (non-hydrogen) atoms. The van der Waals surface area contributed by atoms with Crippen LogP contribution in [0, 0.1) is 5.82 Å². The summed E-state index contributed by atoms with van der Waals surface area (Å²) >= 11 is 0. The van der Waals surface area contributed by atoms with Crippen molar-refractivity contribution in [2.75, 3.05) is 38.1 Å². The third kappa shape index (κ3) is 3.38. The first-order valence-electron chi connectivity index (χ1n) is 10.3. The summed E-state index contributed by atoms with van der Waals surface area (Å²) in [5.41, 5.74) is 1.21. The number of rotatable bonds is 3. The minimum absolute atomic E-state index is 0.0339. The van der Waals surface area contributed by atoms with Crippen LogP contribution in [-0.2, 0) is 0 Å². The van der Waals surface area contributed by atoms with Crippen molar-refractivity contribution in [1.82, 2.24) is 14.5 Å². The molecule has 1 N–H and O–H groups in total. The van der Waals surface area contributed by atoms with Gasteiger partial charge in [-0.3, -0.25) is 9.78 Å². The van der Waals surface area contributed by atoms with E-state index in [1.165, 1.54) is 6.20 Å². The minimum Gasteiger partial charge on any atom is -0.477 e. The van der Waals surface area contributed by atoms with E-state index in [1.54, 1.807) is 16.8 Å². The first-order chi connectivity index (χ1) is 15.4. The molecule has 1 fully saturated rings. The smallest absolute Gasteiger partial charge is 0.341 e. The monoisotopic (exact) mass is 432 g/mol. The Balaban J connectivity index is 1.77. The van der Waals surface area contributed by atoms with Crippen LogP contribution in [0.1, 0.15) is 10.4 Å². The topological polar surface area (TPSA) is 78.7 Å². The van der Waals surface area contributed by atoms with Gasteiger partial charge in [0, 0.05) is 55.0 Å². The average Bonchev–Trinajstić information content (AvgIpc) is 2.79. The zero-order valence-corrected chi connectivity index (χ0v) is 17.5. The Labute approximate surface area is 182 Å². The maximum absolute atomic E-state index is 15.1. The van der Waals surface area contributed by atoms with E-state index in [0.29, 0.717) is 30.0 Å². The molecule has 0 bridgehead atoms. The standard InChI is InChI=1S/C24H21FN4O3/c1-27-7-9-28(10-8-27)22-13-21-17(12-19(22)25)23(30)18(24(31)32)14-29(21)16-4-5-20-15(11-16)3-2-6-26-20/h2-6,11-14H,7-10H2,1H3,(H,31,32). The number of carbonyl (C=O) groups is 1. The van der Waals surface area contributed by atoms with Gasteiger partial charge in [-0.05, 0) is 43.4 Å². The Bertz CT molecular complexity index is 1420. The van der Waals surface area contributed by atoms with E-state index in [1.807, 2.05) is 42.3 Å². The summed E-state index contributed by atoms with van der Waals surface area (Å²) in [4.78, 5) is 33.1. The molecule has 3 heterocycles. The van der Waals surface area contributed by atoms with Crippen molar-refractivity contribution in [3.8, 4) is 5.69 Å². The van der Waals surface area contributed by atoms with Crippen molar-refractivity contribution in [1.29, 1.82) is 0 Å². The van der Waals surface area contributed by atoms with E-state index in [4.69, 9.17) is 0 Å². The highest BCUT2D eigenvalue weighted by Gasteiger charge is 2.22. The highest BCUT2D eigenvalue weighted by atomic mass is 19.1. The van der Waals surface area contributed by atoms with Gasteiger partial charge in [0.15, 0.2) is 0 Å². The zero-order chi connectivity index (χ0) is 22.4. The van der Waals surface area contributed by atoms with E-state index in [2.05, 4.69) is 9.88 Å². The summed E-state index contributed by atoms with van der Waals surface area (Å²) in [6, 6.07) is 12.1. The van der Waals surface area contributed by atoms with Crippen molar-refractivity contribution in [2.45, 2.75) is 0 Å². The molecule has 2 aromatic heterocycles. The van der Waals surface area contributed by atoms with Gasteiger partial charge < -0.3 is 19.5 Å². The number of halogens is 1. The number of aromatic nitrogens is 2. The quantitative estimate of drug-likeness (QED) is 0.536. The molecule has 1 aliphatic rings. The number of hydrogen-bond acceptors (Lipinski definition) is 5. The van der Waals surface area contributed by atoms with Crippen LogP contribution < -0.4 is 10.3 Å². The third-order valence-electron chi connectivity index (χ3n) is 6.01. The van der Waals surface area contributed by atoms with Crippen LogP contribution in [0.15, 0.2) is 59.7 Å². The lowest BCUT2D eigenvalue weighted by Crippen LogP contribution is -2.44. The number of hydrogen-bond donors (Lipinski definition) is 1. The molecule has 0 amide bonds. The average molecular weight is 432 g/mol. The molecule has 7 nitrogen and oxygen atoms in total. The second-order valence-corrected chi connectivity index (χ2v) is 8.04. The predicted molar refractivity (Wildman–Crippen MR) is 121 cm³/mol. The van der Waals surface area contributed by atoms with Crippen molar-refractivity contribution in [3.63, 3.8) is 0 Å². The van der Waals surface area contributed by atoms with Crippen LogP contribution in [0.2, 0.25) is 0 Å². The zero-order valence-electron chi connectivity index (χ0n) is 17.5. The molecular formula is C24H21FN4O3. The number of fused-ring (bicyclic) bond motifs is 2. The maximum Gasteiger partial charge on any atom is 0.341 e. The van der Waals surface area contributed by atoms with Crippen molar-refractivity contribution in [2.24, 2.45) is 0 Å². The van der Waals surface area contributed by atoms with E-state index in [9.17, 15) is 14.7 Å². The largest absolute Gasteiger partial charge is 0.477 e. The van der Waals surface area contributed by atoms with Crippen molar-refractivity contribution in [3.05, 3.63) is 76.5 Å². The Hall–Kier alpha value is -3.78. The van der Waals surface area contributed by atoms with Crippen LogP contribution in [0.25, 0.3) is 27.5 Å². The van der Waals surface area contributed by atoms with Gasteiger partial charge in [0.25, 0.3) is 0 Å². The fourth-order valence-corrected chi connectivity index (χ4v) is 4.20. The maximum atomic E-state index is 15.1. The van der Waals surface area contributed by atoms with Gasteiger partial charge >= 0.3 is 5.97 Å². The molecule has 0 radical (unpaired) electrons. The number of benzene rings is 2. The molecule has 4 aromatic rings. The minimum atomic E-state index is -1.35. The number of anilines is 1. The summed E-state index contributed by atoms with van der Waals surface area (Å²) in [7, 11) is 2.02. The summed E-state index contributed by atoms with van der Waals surface area (Å²) < 4.78 is 16.7. The summed E-state index contributed by atoms with van der Waals surface area (Å²) in [5, 5.41) is 10.5. The summed E-state index contributed by atoms with van der Waals surface area (Å²) in [6.45, 7) is 2.94. The predicted octanol–water partition coefficient (Wildman–Crippen LogP) is 3.13. The van der Waals surface area contributed by atoms with Crippen LogP contribution in [0.3, 0.4) is 0 Å². The SMILES string of the molecule is CN1CCN(c2cc3c(cc2F)c(=O)c(C(=O)O)cn3-c2ccc3ncccc3c2)CC1. The highest BCUT2D eigenvalue weighted by molar-refractivity contribution is 5.94. The van der Waals surface area contributed by atoms with Crippen LogP contribution in [0.5, 0.6) is 0 Å². The Kier molecular flexibility index (Phi) is 4.86. The number of pyridine rings is 2. The Morgan fingerprint density at radius 3 is 2.62 bits per heavy atom. The first-order valence-corrected chi connectivity index (χ1v) is 10.3. The molecule has 162 valence electrons. The molecule has 1 saturated heterocycles. The van der Waals surface area contributed by atoms with Crippen molar-refractivity contribution < 1.29 is 14.3 Å². The number of carboxylic acid groups (broad SMARTS) is 1. The Morgan fingerprint density at radius 2 is 1.88 bits per heavy atom. The number of aromatic carboxylic acids is 1. The van der Waals surface area contributed by atoms with E-state index >= 15 is 4.39 Å². The molecule has 1 aliphatic heterocycles. The van der Waals surface area contributed by atoms with E-state index < -0.39 is 22.8 Å². The lowest BCUT2D eigenvalue weighted by Gasteiger charge is -2.34. The second kappa shape index (κ2) is 7.72. The van der Waals surface area contributed by atoms with Gasteiger partial charge in [-0.1, -0.05) is 6.07 Å². The van der Waals surface area contributed by atoms with Gasteiger partial charge in [0.2, 0.25) is 5.43 Å². The van der Waals surface area contributed by atoms with Crippen molar-refractivity contribution >= 4 is 33.5 Å². The van der Waals surface area contributed by atoms with Gasteiger partial charge in [-0.15, -0.1) is 0 Å². The molecule has 2 aromatic carbocycles. The molecule has 0 atom stereocenters. The van der Waals surface area contributed by atoms with Gasteiger partial charge in [0.05, 0.1) is 16.7 Å². The van der Waals surface area contributed by atoms with Crippen LogP contribution in [-0.4, -0.2) is 58.8 Å². The van der Waals surface area contributed by atoms with Crippen LogP contribution in [0.4, 0.5) is 10.1 Å². The molecule has 0 unspecified atom stereocenters. The number of carboxylic acids is 1. The number of nitrogens with zero attached hydrogens (tertiary/aromatic N) is 4. The fraction of sp³-hybridized carbons (Fsp3) is 0.208. The molecule has 5 rings (SSSR count). The normalized spacial score (nSPS) is 14.9. The van der Waals surface area contributed by atoms with E-state index in [-0.39, 0.29) is 5.39 Å². The first kappa shape index (κ1) is 20.1. The molecule has 0 aliphatic carbocycles.